The van der Waals surface area contributed by atoms with E-state index in [0.29, 0.717) is 26.4 Å². The van der Waals surface area contributed by atoms with Gasteiger partial charge in [-0.05, 0) is 32.2 Å². The van der Waals surface area contributed by atoms with Crippen LogP contribution in [0.2, 0.25) is 0 Å². The smallest absolute Gasteiger partial charge is 0.0701 e. The highest BCUT2D eigenvalue weighted by Crippen LogP contribution is 2.19. The van der Waals surface area contributed by atoms with Crippen LogP contribution in [0, 0.1) is 0 Å². The van der Waals surface area contributed by atoms with E-state index in [9.17, 15) is 0 Å². The van der Waals surface area contributed by atoms with Crippen LogP contribution >= 0.6 is 0 Å². The molecule has 0 heterocycles. The molecule has 18 heavy (non-hydrogen) atoms. The first-order valence-electron chi connectivity index (χ1n) is 6.96. The van der Waals surface area contributed by atoms with Crippen LogP contribution in [0.1, 0.15) is 25.7 Å². The van der Waals surface area contributed by atoms with E-state index in [1.807, 2.05) is 0 Å². The summed E-state index contributed by atoms with van der Waals surface area (Å²) in [5.41, 5.74) is 1.62. The SMILES string of the molecule is COCCOCCOCCNCCC1=CCCC1. The van der Waals surface area contributed by atoms with Gasteiger partial charge in [-0.3, -0.25) is 0 Å². The van der Waals surface area contributed by atoms with Crippen LogP contribution in [-0.2, 0) is 14.2 Å². The second kappa shape index (κ2) is 11.7. The fourth-order valence-electron chi connectivity index (χ4n) is 1.95. The van der Waals surface area contributed by atoms with Gasteiger partial charge in [0.15, 0.2) is 0 Å². The van der Waals surface area contributed by atoms with Gasteiger partial charge in [-0.15, -0.1) is 0 Å². The van der Waals surface area contributed by atoms with Gasteiger partial charge in [-0.1, -0.05) is 11.6 Å². The highest BCUT2D eigenvalue weighted by Gasteiger charge is 2.02. The quantitative estimate of drug-likeness (QED) is 0.427. The number of methoxy groups -OCH3 is 1. The van der Waals surface area contributed by atoms with Gasteiger partial charge in [0.2, 0.25) is 0 Å². The lowest BCUT2D eigenvalue weighted by Crippen LogP contribution is -2.22. The van der Waals surface area contributed by atoms with Crippen LogP contribution in [0.25, 0.3) is 0 Å². The molecule has 1 aliphatic rings. The lowest BCUT2D eigenvalue weighted by Gasteiger charge is -2.07. The molecule has 4 nitrogen and oxygen atoms in total. The summed E-state index contributed by atoms with van der Waals surface area (Å²) in [6, 6.07) is 0. The molecule has 0 amide bonds. The zero-order valence-electron chi connectivity index (χ0n) is 11.6. The van der Waals surface area contributed by atoms with Crippen molar-refractivity contribution in [3.63, 3.8) is 0 Å². The minimum Gasteiger partial charge on any atom is -0.382 e. The van der Waals surface area contributed by atoms with Crippen LogP contribution in [0.5, 0.6) is 0 Å². The molecular formula is C14H27NO3. The van der Waals surface area contributed by atoms with Crippen molar-refractivity contribution in [1.29, 1.82) is 0 Å². The maximum Gasteiger partial charge on any atom is 0.0701 e. The number of rotatable bonds is 12. The van der Waals surface area contributed by atoms with Crippen molar-refractivity contribution in [2.75, 3.05) is 53.2 Å². The van der Waals surface area contributed by atoms with E-state index >= 15 is 0 Å². The Labute approximate surface area is 111 Å². The zero-order valence-corrected chi connectivity index (χ0v) is 11.6. The van der Waals surface area contributed by atoms with Crippen molar-refractivity contribution in [3.8, 4) is 0 Å². The summed E-state index contributed by atoms with van der Waals surface area (Å²) in [5, 5.41) is 3.40. The summed E-state index contributed by atoms with van der Waals surface area (Å²) in [6.45, 7) is 5.36. The minimum atomic E-state index is 0.646. The number of hydrogen-bond donors (Lipinski definition) is 1. The molecule has 0 bridgehead atoms. The minimum absolute atomic E-state index is 0.646. The van der Waals surface area contributed by atoms with Gasteiger partial charge in [-0.2, -0.15) is 0 Å². The third-order valence-corrected chi connectivity index (χ3v) is 2.98. The Hall–Kier alpha value is -0.420. The fourth-order valence-corrected chi connectivity index (χ4v) is 1.95. The highest BCUT2D eigenvalue weighted by atomic mass is 16.5. The molecular weight excluding hydrogens is 230 g/mol. The van der Waals surface area contributed by atoms with E-state index in [-0.39, 0.29) is 0 Å². The van der Waals surface area contributed by atoms with Gasteiger partial charge in [0.1, 0.15) is 0 Å². The average Bonchev–Trinajstić information content (AvgIpc) is 2.89. The summed E-state index contributed by atoms with van der Waals surface area (Å²) < 4.78 is 15.6. The van der Waals surface area contributed by atoms with Crippen LogP contribution in [0.3, 0.4) is 0 Å². The Morgan fingerprint density at radius 2 is 1.83 bits per heavy atom. The maximum atomic E-state index is 5.44. The summed E-state index contributed by atoms with van der Waals surface area (Å²) in [6.07, 6.45) is 7.51. The lowest BCUT2D eigenvalue weighted by atomic mass is 10.2. The monoisotopic (exact) mass is 257 g/mol. The molecule has 0 fully saturated rings. The van der Waals surface area contributed by atoms with Crippen LogP contribution in [0.4, 0.5) is 0 Å². The number of ether oxygens (including phenoxy) is 3. The van der Waals surface area contributed by atoms with Crippen LogP contribution in [0.15, 0.2) is 11.6 Å². The highest BCUT2D eigenvalue weighted by molar-refractivity contribution is 5.07. The van der Waals surface area contributed by atoms with Gasteiger partial charge < -0.3 is 19.5 Å². The topological polar surface area (TPSA) is 39.7 Å². The van der Waals surface area contributed by atoms with E-state index in [2.05, 4.69) is 11.4 Å². The molecule has 106 valence electrons. The average molecular weight is 257 g/mol. The zero-order chi connectivity index (χ0) is 12.9. The summed E-state index contributed by atoms with van der Waals surface area (Å²) in [7, 11) is 1.67. The van der Waals surface area contributed by atoms with Gasteiger partial charge in [0.05, 0.1) is 33.0 Å². The van der Waals surface area contributed by atoms with Crippen molar-refractivity contribution in [2.24, 2.45) is 0 Å². The van der Waals surface area contributed by atoms with E-state index in [1.165, 1.54) is 25.7 Å². The number of allylic oxidation sites excluding steroid dienone is 1. The first kappa shape index (κ1) is 15.6. The van der Waals surface area contributed by atoms with E-state index in [4.69, 9.17) is 14.2 Å². The van der Waals surface area contributed by atoms with Crippen LogP contribution in [-0.4, -0.2) is 53.2 Å². The predicted octanol–water partition coefficient (Wildman–Crippen LogP) is 1.76. The van der Waals surface area contributed by atoms with Crippen molar-refractivity contribution in [3.05, 3.63) is 11.6 Å². The van der Waals surface area contributed by atoms with E-state index in [1.54, 1.807) is 12.7 Å². The van der Waals surface area contributed by atoms with Gasteiger partial charge in [0, 0.05) is 13.7 Å². The molecule has 0 aromatic carbocycles. The van der Waals surface area contributed by atoms with E-state index < -0.39 is 0 Å². The Morgan fingerprint density at radius 1 is 1.06 bits per heavy atom. The normalized spacial score (nSPS) is 15.1. The Morgan fingerprint density at radius 3 is 2.56 bits per heavy atom. The Kier molecular flexibility index (Phi) is 10.1. The molecule has 0 radical (unpaired) electrons. The summed E-state index contributed by atoms with van der Waals surface area (Å²) >= 11 is 0. The van der Waals surface area contributed by atoms with Crippen LogP contribution < -0.4 is 5.32 Å². The third-order valence-electron chi connectivity index (χ3n) is 2.98. The Balaban J connectivity index is 1.71. The Bertz CT molecular complexity index is 219. The molecule has 0 atom stereocenters. The standard InChI is InChI=1S/C14H27NO3/c1-16-10-11-18-13-12-17-9-8-15-7-6-14-4-2-3-5-14/h4,15H,2-3,5-13H2,1H3. The molecule has 4 heteroatoms. The predicted molar refractivity (Wildman–Crippen MR) is 72.9 cm³/mol. The van der Waals surface area contributed by atoms with Gasteiger partial charge >= 0.3 is 0 Å². The van der Waals surface area contributed by atoms with Crippen molar-refractivity contribution in [1.82, 2.24) is 5.32 Å². The molecule has 0 unspecified atom stereocenters. The third kappa shape index (κ3) is 8.64. The first-order chi connectivity index (χ1) is 8.93. The maximum absolute atomic E-state index is 5.44. The molecule has 1 rings (SSSR count). The largest absolute Gasteiger partial charge is 0.382 e. The molecule has 0 saturated carbocycles. The first-order valence-corrected chi connectivity index (χ1v) is 6.96. The summed E-state index contributed by atoms with van der Waals surface area (Å²) in [4.78, 5) is 0. The number of nitrogens with one attached hydrogen (secondary N) is 1. The molecule has 0 aromatic rings. The second-order valence-electron chi connectivity index (χ2n) is 4.47. The van der Waals surface area contributed by atoms with Gasteiger partial charge in [0.25, 0.3) is 0 Å². The fraction of sp³-hybridized carbons (Fsp3) is 0.857. The molecule has 0 aromatic heterocycles. The van der Waals surface area contributed by atoms with Crippen molar-refractivity contribution < 1.29 is 14.2 Å². The van der Waals surface area contributed by atoms with Crippen molar-refractivity contribution >= 4 is 0 Å². The van der Waals surface area contributed by atoms with Crippen molar-refractivity contribution in [2.45, 2.75) is 25.7 Å². The number of hydrogen-bond acceptors (Lipinski definition) is 4. The summed E-state index contributed by atoms with van der Waals surface area (Å²) in [5.74, 6) is 0. The molecule has 0 saturated heterocycles. The molecule has 0 spiro atoms. The molecule has 0 aliphatic heterocycles. The molecule has 1 N–H and O–H groups in total. The van der Waals surface area contributed by atoms with Gasteiger partial charge in [-0.25, -0.2) is 0 Å². The second-order valence-corrected chi connectivity index (χ2v) is 4.47. The molecule has 1 aliphatic carbocycles. The van der Waals surface area contributed by atoms with E-state index in [0.717, 1.165) is 19.7 Å². The lowest BCUT2D eigenvalue weighted by molar-refractivity contribution is 0.0256.